The molecule has 2 aromatic rings. The zero-order valence-electron chi connectivity index (χ0n) is 17.1. The van der Waals surface area contributed by atoms with Crippen molar-refractivity contribution in [3.63, 3.8) is 0 Å². The summed E-state index contributed by atoms with van der Waals surface area (Å²) < 4.78 is 12.1. The third kappa shape index (κ3) is 4.39. The molecule has 2 amide bonds. The first kappa shape index (κ1) is 22.0. The summed E-state index contributed by atoms with van der Waals surface area (Å²) in [7, 11) is 4.62. The van der Waals surface area contributed by atoms with Gasteiger partial charge in [0.05, 0.1) is 7.11 Å². The normalized spacial score (nSPS) is 14.3. The molecule has 0 bridgehead atoms. The van der Waals surface area contributed by atoms with Gasteiger partial charge in [-0.1, -0.05) is 45.8 Å². The first-order valence-electron chi connectivity index (χ1n) is 9.10. The predicted octanol–water partition coefficient (Wildman–Crippen LogP) is 3.94. The van der Waals surface area contributed by atoms with Gasteiger partial charge in [0, 0.05) is 18.6 Å². The Bertz CT molecular complexity index is 1020. The van der Waals surface area contributed by atoms with Gasteiger partial charge < -0.3 is 9.47 Å². The highest BCUT2D eigenvalue weighted by Crippen LogP contribution is 2.35. The van der Waals surface area contributed by atoms with E-state index in [1.54, 1.807) is 26.2 Å². The Morgan fingerprint density at radius 1 is 1.03 bits per heavy atom. The number of methoxy groups -OCH3 is 1. The van der Waals surface area contributed by atoms with Crippen molar-refractivity contribution in [3.8, 4) is 11.5 Å². The van der Waals surface area contributed by atoms with E-state index in [0.29, 0.717) is 28.1 Å². The Morgan fingerprint density at radius 2 is 1.63 bits per heavy atom. The molecule has 1 heterocycles. The molecule has 8 heteroatoms. The highest BCUT2D eigenvalue weighted by molar-refractivity contribution is 9.10. The van der Waals surface area contributed by atoms with Crippen LogP contribution in [0.25, 0.3) is 6.08 Å². The van der Waals surface area contributed by atoms with E-state index in [9.17, 15) is 9.59 Å². The fourth-order valence-electron chi connectivity index (χ4n) is 2.91. The standard InChI is InChI=1S/C22H21BrN2O4S/c1-13-5-7-14(8-6-13)12-29-19-11-17(23)15(10-18(19)28-4)9-16-20(26)24(2)22(30)25(3)21(16)27/h5-11H,12H2,1-4H3. The van der Waals surface area contributed by atoms with Crippen LogP contribution in [0.5, 0.6) is 11.5 Å². The minimum Gasteiger partial charge on any atom is -0.493 e. The lowest BCUT2D eigenvalue weighted by Gasteiger charge is -2.31. The quantitative estimate of drug-likeness (QED) is 0.362. The molecular weight excluding hydrogens is 468 g/mol. The van der Waals surface area contributed by atoms with Crippen LogP contribution in [0.3, 0.4) is 0 Å². The second-order valence-electron chi connectivity index (χ2n) is 6.87. The van der Waals surface area contributed by atoms with Crippen LogP contribution in [0, 0.1) is 6.92 Å². The molecule has 1 saturated heterocycles. The smallest absolute Gasteiger partial charge is 0.265 e. The molecule has 156 valence electrons. The van der Waals surface area contributed by atoms with Gasteiger partial charge in [0.2, 0.25) is 0 Å². The number of nitrogens with zero attached hydrogens (tertiary/aromatic N) is 2. The summed E-state index contributed by atoms with van der Waals surface area (Å²) in [6.45, 7) is 2.41. The number of hydrogen-bond donors (Lipinski definition) is 0. The molecule has 0 atom stereocenters. The summed E-state index contributed by atoms with van der Waals surface area (Å²) in [5, 5.41) is 0.165. The van der Waals surface area contributed by atoms with Gasteiger partial charge in [0.15, 0.2) is 16.6 Å². The number of carbonyl (C=O) groups excluding carboxylic acids is 2. The third-order valence-electron chi connectivity index (χ3n) is 4.74. The lowest BCUT2D eigenvalue weighted by Crippen LogP contribution is -2.52. The van der Waals surface area contributed by atoms with Crippen molar-refractivity contribution in [1.82, 2.24) is 9.80 Å². The maximum atomic E-state index is 12.6. The van der Waals surface area contributed by atoms with Gasteiger partial charge in [-0.2, -0.15) is 0 Å². The van der Waals surface area contributed by atoms with Crippen LogP contribution in [0.2, 0.25) is 0 Å². The summed E-state index contributed by atoms with van der Waals surface area (Å²) >= 11 is 8.62. The summed E-state index contributed by atoms with van der Waals surface area (Å²) in [6, 6.07) is 11.5. The van der Waals surface area contributed by atoms with Gasteiger partial charge in [-0.05, 0) is 48.5 Å². The van der Waals surface area contributed by atoms with Gasteiger partial charge in [-0.15, -0.1) is 0 Å². The van der Waals surface area contributed by atoms with E-state index < -0.39 is 11.8 Å². The number of aryl methyl sites for hydroxylation is 1. The van der Waals surface area contributed by atoms with Crippen molar-refractivity contribution in [2.75, 3.05) is 21.2 Å². The highest BCUT2D eigenvalue weighted by Gasteiger charge is 2.35. The van der Waals surface area contributed by atoms with E-state index in [0.717, 1.165) is 5.56 Å². The molecule has 0 aromatic heterocycles. The maximum Gasteiger partial charge on any atom is 0.265 e. The minimum absolute atomic E-state index is 0.0182. The van der Waals surface area contributed by atoms with E-state index in [1.807, 2.05) is 31.2 Å². The highest BCUT2D eigenvalue weighted by atomic mass is 79.9. The van der Waals surface area contributed by atoms with Crippen LogP contribution in [-0.4, -0.2) is 47.9 Å². The molecule has 2 aromatic carbocycles. The summed E-state index contributed by atoms with van der Waals surface area (Å²) in [4.78, 5) is 27.7. The summed E-state index contributed by atoms with van der Waals surface area (Å²) in [5.74, 6) is 0.135. The topological polar surface area (TPSA) is 59.1 Å². The molecule has 3 rings (SSSR count). The Morgan fingerprint density at radius 3 is 2.20 bits per heavy atom. The van der Waals surface area contributed by atoms with Gasteiger partial charge in [-0.25, -0.2) is 0 Å². The summed E-state index contributed by atoms with van der Waals surface area (Å²) in [6.07, 6.45) is 1.52. The van der Waals surface area contributed by atoms with Crippen LogP contribution < -0.4 is 9.47 Å². The van der Waals surface area contributed by atoms with Crippen LogP contribution in [0.15, 0.2) is 46.4 Å². The molecule has 0 radical (unpaired) electrons. The maximum absolute atomic E-state index is 12.6. The van der Waals surface area contributed by atoms with E-state index in [-0.39, 0.29) is 10.7 Å². The fraction of sp³-hybridized carbons (Fsp3) is 0.227. The molecule has 0 aliphatic carbocycles. The van der Waals surface area contributed by atoms with Crippen LogP contribution in [0.4, 0.5) is 0 Å². The van der Waals surface area contributed by atoms with Crippen molar-refractivity contribution in [2.45, 2.75) is 13.5 Å². The molecule has 0 spiro atoms. The Kier molecular flexibility index (Phi) is 6.58. The van der Waals surface area contributed by atoms with Crippen molar-refractivity contribution in [3.05, 3.63) is 63.1 Å². The Hall–Kier alpha value is -2.71. The zero-order valence-corrected chi connectivity index (χ0v) is 19.5. The monoisotopic (exact) mass is 488 g/mol. The minimum atomic E-state index is -0.450. The SMILES string of the molecule is COc1cc(C=C2C(=O)N(C)C(=S)N(C)C2=O)c(Br)cc1OCc1ccc(C)cc1. The zero-order chi connectivity index (χ0) is 22.0. The van der Waals surface area contributed by atoms with Crippen molar-refractivity contribution >= 4 is 51.2 Å². The largest absolute Gasteiger partial charge is 0.493 e. The fourth-order valence-corrected chi connectivity index (χ4v) is 3.51. The van der Waals surface area contributed by atoms with E-state index in [1.165, 1.54) is 28.5 Å². The number of benzene rings is 2. The Labute approximate surface area is 189 Å². The molecule has 30 heavy (non-hydrogen) atoms. The lowest BCUT2D eigenvalue weighted by atomic mass is 10.1. The lowest BCUT2D eigenvalue weighted by molar-refractivity contribution is -0.132. The second kappa shape index (κ2) is 8.97. The van der Waals surface area contributed by atoms with Crippen molar-refractivity contribution < 1.29 is 19.1 Å². The van der Waals surface area contributed by atoms with Gasteiger partial charge in [0.1, 0.15) is 12.2 Å². The number of hydrogen-bond acceptors (Lipinski definition) is 5. The number of halogens is 1. The first-order valence-corrected chi connectivity index (χ1v) is 10.3. The number of thiocarbonyl (C=S) groups is 1. The third-order valence-corrected chi connectivity index (χ3v) is 5.98. The van der Waals surface area contributed by atoms with E-state index >= 15 is 0 Å². The van der Waals surface area contributed by atoms with Gasteiger partial charge >= 0.3 is 0 Å². The second-order valence-corrected chi connectivity index (χ2v) is 8.09. The van der Waals surface area contributed by atoms with Crippen LogP contribution >= 0.6 is 28.1 Å². The van der Waals surface area contributed by atoms with E-state index in [4.69, 9.17) is 21.7 Å². The molecule has 1 aliphatic rings. The molecule has 1 fully saturated rings. The van der Waals surface area contributed by atoms with E-state index in [2.05, 4.69) is 15.9 Å². The van der Waals surface area contributed by atoms with Crippen molar-refractivity contribution in [2.24, 2.45) is 0 Å². The number of likely N-dealkylation sites (N-methyl/N-ethyl adjacent to an activating group) is 2. The molecule has 0 saturated carbocycles. The predicted molar refractivity (Wildman–Crippen MR) is 122 cm³/mol. The average Bonchev–Trinajstić information content (AvgIpc) is 2.74. The van der Waals surface area contributed by atoms with Gasteiger partial charge in [0.25, 0.3) is 11.8 Å². The van der Waals surface area contributed by atoms with Gasteiger partial charge in [-0.3, -0.25) is 19.4 Å². The molecular formula is C22H21BrN2O4S. The molecule has 0 unspecified atom stereocenters. The van der Waals surface area contributed by atoms with Crippen LogP contribution in [-0.2, 0) is 16.2 Å². The molecule has 6 nitrogen and oxygen atoms in total. The number of amides is 2. The first-order chi connectivity index (χ1) is 14.2. The number of ether oxygens (including phenoxy) is 2. The molecule has 1 aliphatic heterocycles. The average molecular weight is 489 g/mol. The molecule has 0 N–H and O–H groups in total. The van der Waals surface area contributed by atoms with Crippen molar-refractivity contribution in [1.29, 1.82) is 0 Å². The summed E-state index contributed by atoms with van der Waals surface area (Å²) in [5.41, 5.74) is 2.84. The Balaban J connectivity index is 1.90. The van der Waals surface area contributed by atoms with Crippen LogP contribution in [0.1, 0.15) is 16.7 Å². The number of rotatable bonds is 5. The number of carbonyl (C=O) groups is 2.